The summed E-state index contributed by atoms with van der Waals surface area (Å²) in [6, 6.07) is 2.57. The quantitative estimate of drug-likeness (QED) is 0.872. The van der Waals surface area contributed by atoms with E-state index >= 15 is 0 Å². The Morgan fingerprint density at radius 1 is 1.40 bits per heavy atom. The molecular formula is C12H15F3N2O3. The van der Waals surface area contributed by atoms with E-state index in [1.54, 1.807) is 6.92 Å². The van der Waals surface area contributed by atoms with E-state index in [-0.39, 0.29) is 12.2 Å². The largest absolute Gasteiger partial charge is 0.480 e. The van der Waals surface area contributed by atoms with Gasteiger partial charge in [-0.15, -0.1) is 0 Å². The zero-order valence-electron chi connectivity index (χ0n) is 10.9. The second-order valence-electron chi connectivity index (χ2n) is 4.26. The van der Waals surface area contributed by atoms with Gasteiger partial charge in [0.1, 0.15) is 18.8 Å². The van der Waals surface area contributed by atoms with Crippen LogP contribution in [0.15, 0.2) is 18.3 Å². The maximum atomic E-state index is 12.4. The SMILES string of the molecule is CCCN(CC(=O)O)C(=O)c1cccn1CC(F)(F)F. The summed E-state index contributed by atoms with van der Waals surface area (Å²) in [6.45, 7) is 0.0944. The van der Waals surface area contributed by atoms with Crippen LogP contribution in [0.1, 0.15) is 23.8 Å². The van der Waals surface area contributed by atoms with Crippen LogP contribution in [0.5, 0.6) is 0 Å². The van der Waals surface area contributed by atoms with Crippen molar-refractivity contribution in [3.63, 3.8) is 0 Å². The highest BCUT2D eigenvalue weighted by atomic mass is 19.4. The van der Waals surface area contributed by atoms with Crippen LogP contribution in [-0.2, 0) is 11.3 Å². The Kier molecular flexibility index (Phi) is 5.18. The first-order valence-electron chi connectivity index (χ1n) is 5.97. The number of hydrogen-bond acceptors (Lipinski definition) is 2. The molecule has 112 valence electrons. The maximum absolute atomic E-state index is 12.4. The predicted octanol–water partition coefficient (Wildman–Crippen LogP) is 1.99. The van der Waals surface area contributed by atoms with Crippen molar-refractivity contribution >= 4 is 11.9 Å². The van der Waals surface area contributed by atoms with Crippen LogP contribution in [0.2, 0.25) is 0 Å². The number of carbonyl (C=O) groups excluding carboxylic acids is 1. The molecule has 1 amide bonds. The van der Waals surface area contributed by atoms with Crippen molar-refractivity contribution < 1.29 is 27.9 Å². The van der Waals surface area contributed by atoms with Gasteiger partial charge in [0.25, 0.3) is 5.91 Å². The number of nitrogens with zero attached hydrogens (tertiary/aromatic N) is 2. The number of halogens is 3. The molecule has 1 heterocycles. The number of carboxylic acid groups (broad SMARTS) is 1. The lowest BCUT2D eigenvalue weighted by Crippen LogP contribution is -2.37. The fourth-order valence-electron chi connectivity index (χ4n) is 1.79. The first-order valence-corrected chi connectivity index (χ1v) is 5.97. The van der Waals surface area contributed by atoms with E-state index in [2.05, 4.69) is 0 Å². The molecule has 0 aromatic carbocycles. The van der Waals surface area contributed by atoms with Crippen LogP contribution < -0.4 is 0 Å². The molecule has 1 rings (SSSR count). The summed E-state index contributed by atoms with van der Waals surface area (Å²) in [5, 5.41) is 8.73. The molecule has 0 bridgehead atoms. The Labute approximate surface area is 113 Å². The van der Waals surface area contributed by atoms with Crippen molar-refractivity contribution in [3.05, 3.63) is 24.0 Å². The van der Waals surface area contributed by atoms with Gasteiger partial charge in [-0.05, 0) is 18.6 Å². The standard InChI is InChI=1S/C12H15F3N2O3/c1-2-5-16(7-10(18)19)11(20)9-4-3-6-17(9)8-12(13,14)15/h3-4,6H,2,5,7-8H2,1H3,(H,18,19). The molecule has 1 N–H and O–H groups in total. The number of aromatic nitrogens is 1. The molecule has 20 heavy (non-hydrogen) atoms. The van der Waals surface area contributed by atoms with E-state index in [0.29, 0.717) is 6.42 Å². The third-order valence-electron chi connectivity index (χ3n) is 2.51. The molecule has 1 aromatic rings. The lowest BCUT2D eigenvalue weighted by Gasteiger charge is -2.21. The minimum absolute atomic E-state index is 0.169. The van der Waals surface area contributed by atoms with Crippen molar-refractivity contribution in [2.24, 2.45) is 0 Å². The summed E-state index contributed by atoms with van der Waals surface area (Å²) in [5.41, 5.74) is -0.169. The van der Waals surface area contributed by atoms with Gasteiger partial charge in [-0.3, -0.25) is 9.59 Å². The highest BCUT2D eigenvalue weighted by Crippen LogP contribution is 2.19. The first-order chi connectivity index (χ1) is 9.24. The highest BCUT2D eigenvalue weighted by molar-refractivity contribution is 5.94. The average Bonchev–Trinajstić information content (AvgIpc) is 2.72. The Morgan fingerprint density at radius 3 is 2.55 bits per heavy atom. The number of carbonyl (C=O) groups is 2. The molecule has 5 nitrogen and oxygen atoms in total. The van der Waals surface area contributed by atoms with Crippen molar-refractivity contribution in [2.75, 3.05) is 13.1 Å². The summed E-state index contributed by atoms with van der Waals surface area (Å²) in [7, 11) is 0. The summed E-state index contributed by atoms with van der Waals surface area (Å²) < 4.78 is 37.9. The van der Waals surface area contributed by atoms with Gasteiger partial charge in [-0.2, -0.15) is 13.2 Å². The molecule has 0 saturated heterocycles. The number of alkyl halides is 3. The van der Waals surface area contributed by atoms with Crippen LogP contribution >= 0.6 is 0 Å². The molecule has 0 aliphatic rings. The normalized spacial score (nSPS) is 11.4. The molecular weight excluding hydrogens is 277 g/mol. The summed E-state index contributed by atoms with van der Waals surface area (Å²) in [5.74, 6) is -1.93. The topological polar surface area (TPSA) is 62.5 Å². The fraction of sp³-hybridized carbons (Fsp3) is 0.500. The summed E-state index contributed by atoms with van der Waals surface area (Å²) >= 11 is 0. The van der Waals surface area contributed by atoms with Crippen LogP contribution in [0.25, 0.3) is 0 Å². The Balaban J connectivity index is 2.94. The van der Waals surface area contributed by atoms with Crippen LogP contribution in [0, 0.1) is 0 Å². The first kappa shape index (κ1) is 16.1. The minimum atomic E-state index is -4.45. The smallest absolute Gasteiger partial charge is 0.406 e. The minimum Gasteiger partial charge on any atom is -0.480 e. The van der Waals surface area contributed by atoms with Gasteiger partial charge in [0.05, 0.1) is 0 Å². The van der Waals surface area contributed by atoms with Crippen LogP contribution in [0.3, 0.4) is 0 Å². The zero-order valence-corrected chi connectivity index (χ0v) is 10.9. The van der Waals surface area contributed by atoms with Gasteiger partial charge < -0.3 is 14.6 Å². The molecule has 0 fully saturated rings. The van der Waals surface area contributed by atoms with E-state index in [9.17, 15) is 22.8 Å². The van der Waals surface area contributed by atoms with Gasteiger partial charge >= 0.3 is 12.1 Å². The second-order valence-corrected chi connectivity index (χ2v) is 4.26. The Bertz CT molecular complexity index is 483. The molecule has 0 radical (unpaired) electrons. The van der Waals surface area contributed by atoms with E-state index in [1.807, 2.05) is 0 Å². The summed E-state index contributed by atoms with van der Waals surface area (Å²) in [4.78, 5) is 23.8. The summed E-state index contributed by atoms with van der Waals surface area (Å²) in [6.07, 6.45) is -2.79. The molecule has 0 aliphatic carbocycles. The van der Waals surface area contributed by atoms with Crippen molar-refractivity contribution in [1.82, 2.24) is 9.47 Å². The van der Waals surface area contributed by atoms with Gasteiger partial charge in [0.2, 0.25) is 0 Å². The van der Waals surface area contributed by atoms with Gasteiger partial charge in [0.15, 0.2) is 0 Å². The van der Waals surface area contributed by atoms with E-state index in [1.165, 1.54) is 12.1 Å². The number of carboxylic acids is 1. The molecule has 0 atom stereocenters. The van der Waals surface area contributed by atoms with Crippen molar-refractivity contribution in [2.45, 2.75) is 26.1 Å². The number of rotatable bonds is 6. The average molecular weight is 292 g/mol. The molecule has 8 heteroatoms. The van der Waals surface area contributed by atoms with E-state index < -0.39 is 31.1 Å². The highest BCUT2D eigenvalue weighted by Gasteiger charge is 2.30. The van der Waals surface area contributed by atoms with Crippen molar-refractivity contribution in [3.8, 4) is 0 Å². The van der Waals surface area contributed by atoms with E-state index in [4.69, 9.17) is 5.11 Å². The Hall–Kier alpha value is -1.99. The van der Waals surface area contributed by atoms with E-state index in [0.717, 1.165) is 15.7 Å². The predicted molar refractivity (Wildman–Crippen MR) is 64.3 cm³/mol. The van der Waals surface area contributed by atoms with Gasteiger partial charge in [0, 0.05) is 12.7 Å². The molecule has 0 spiro atoms. The third kappa shape index (κ3) is 4.60. The van der Waals surface area contributed by atoms with Crippen molar-refractivity contribution in [1.29, 1.82) is 0 Å². The van der Waals surface area contributed by atoms with Gasteiger partial charge in [-0.25, -0.2) is 0 Å². The number of hydrogen-bond donors (Lipinski definition) is 1. The monoisotopic (exact) mass is 292 g/mol. The lowest BCUT2D eigenvalue weighted by atomic mass is 10.3. The van der Waals surface area contributed by atoms with Crippen LogP contribution in [-0.4, -0.2) is 45.7 Å². The maximum Gasteiger partial charge on any atom is 0.406 e. The second kappa shape index (κ2) is 6.44. The molecule has 0 saturated carbocycles. The third-order valence-corrected chi connectivity index (χ3v) is 2.51. The lowest BCUT2D eigenvalue weighted by molar-refractivity contribution is -0.141. The number of aliphatic carboxylic acids is 1. The number of amides is 1. The Morgan fingerprint density at radius 2 is 2.05 bits per heavy atom. The fourth-order valence-corrected chi connectivity index (χ4v) is 1.79. The molecule has 1 aromatic heterocycles. The molecule has 0 aliphatic heterocycles. The van der Waals surface area contributed by atoms with Crippen LogP contribution in [0.4, 0.5) is 13.2 Å². The van der Waals surface area contributed by atoms with Gasteiger partial charge in [-0.1, -0.05) is 6.92 Å². The molecule has 0 unspecified atom stereocenters. The zero-order chi connectivity index (χ0) is 15.3.